The van der Waals surface area contributed by atoms with E-state index in [9.17, 15) is 4.79 Å². The molecule has 2 heterocycles. The number of aromatic nitrogens is 3. The molecule has 0 saturated heterocycles. The van der Waals surface area contributed by atoms with E-state index in [0.717, 1.165) is 11.1 Å². The van der Waals surface area contributed by atoms with E-state index in [1.165, 1.54) is 21.4 Å². The first-order valence-corrected chi connectivity index (χ1v) is 10.4. The van der Waals surface area contributed by atoms with Crippen LogP contribution in [0.2, 0.25) is 0 Å². The molecule has 154 valence electrons. The molecule has 0 spiro atoms. The lowest BCUT2D eigenvalue weighted by molar-refractivity contribution is 0.393. The summed E-state index contributed by atoms with van der Waals surface area (Å²) in [4.78, 5) is 18.0. The number of fused-ring (bicyclic) bond motifs is 1. The maximum absolute atomic E-state index is 12.9. The van der Waals surface area contributed by atoms with Gasteiger partial charge >= 0.3 is 0 Å². The fourth-order valence-electron chi connectivity index (χ4n) is 3.15. The minimum absolute atomic E-state index is 0.0793. The van der Waals surface area contributed by atoms with Crippen LogP contribution in [0.15, 0.2) is 47.3 Å². The molecule has 6 nitrogen and oxygen atoms in total. The lowest BCUT2D eigenvalue weighted by Gasteiger charge is -2.18. The number of hydrogen-bond donors (Lipinski definition) is 0. The molecule has 0 saturated carbocycles. The highest BCUT2D eigenvalue weighted by Gasteiger charge is 2.16. The number of benzene rings is 2. The average molecular weight is 422 g/mol. The van der Waals surface area contributed by atoms with Crippen LogP contribution in [0.4, 0.5) is 0 Å². The molecule has 0 aliphatic heterocycles. The zero-order valence-electron chi connectivity index (χ0n) is 17.6. The van der Waals surface area contributed by atoms with E-state index < -0.39 is 0 Å². The summed E-state index contributed by atoms with van der Waals surface area (Å²) < 4.78 is 12.5. The predicted octanol–water partition coefficient (Wildman–Crippen LogP) is 3.68. The lowest BCUT2D eigenvalue weighted by atomic mass is 9.87. The molecule has 30 heavy (non-hydrogen) atoms. The molecule has 2 aromatic heterocycles. The minimum Gasteiger partial charge on any atom is -0.497 e. The van der Waals surface area contributed by atoms with Crippen molar-refractivity contribution in [3.05, 3.63) is 68.5 Å². The van der Waals surface area contributed by atoms with Gasteiger partial charge in [0, 0.05) is 17.2 Å². The molecule has 0 aliphatic carbocycles. The molecule has 0 unspecified atom stereocenters. The van der Waals surface area contributed by atoms with Crippen LogP contribution in [0.5, 0.6) is 11.5 Å². The van der Waals surface area contributed by atoms with E-state index >= 15 is 0 Å². The van der Waals surface area contributed by atoms with Gasteiger partial charge in [-0.2, -0.15) is 9.50 Å². The Labute approximate surface area is 178 Å². The van der Waals surface area contributed by atoms with Crippen LogP contribution >= 0.6 is 11.3 Å². The van der Waals surface area contributed by atoms with Gasteiger partial charge in [-0.1, -0.05) is 56.4 Å². The number of hydrogen-bond acceptors (Lipinski definition) is 6. The van der Waals surface area contributed by atoms with Crippen molar-refractivity contribution in [2.45, 2.75) is 26.2 Å². The Hall–Kier alpha value is -3.19. The smallest absolute Gasteiger partial charge is 0.291 e. The number of thiazole rings is 1. The fourth-order valence-corrected chi connectivity index (χ4v) is 4.05. The van der Waals surface area contributed by atoms with Crippen LogP contribution in [0.1, 0.15) is 31.9 Å². The SMILES string of the molecule is COc1ccc(C=c2sc3nc(-c4ccc(C(C)(C)C)cc4)nn3c2=O)c(OC)c1. The molecule has 0 fully saturated rings. The highest BCUT2D eigenvalue weighted by molar-refractivity contribution is 7.15. The minimum atomic E-state index is -0.196. The van der Waals surface area contributed by atoms with Crippen LogP contribution in [0.25, 0.3) is 22.4 Å². The van der Waals surface area contributed by atoms with Crippen LogP contribution in [0.3, 0.4) is 0 Å². The first-order chi connectivity index (χ1) is 14.3. The maximum Gasteiger partial charge on any atom is 0.291 e. The fraction of sp³-hybridized carbons (Fsp3) is 0.261. The van der Waals surface area contributed by atoms with Crippen molar-refractivity contribution >= 4 is 22.4 Å². The average Bonchev–Trinajstić information content (AvgIpc) is 3.27. The van der Waals surface area contributed by atoms with E-state index in [4.69, 9.17) is 9.47 Å². The molecular weight excluding hydrogens is 398 g/mol. The van der Waals surface area contributed by atoms with E-state index in [-0.39, 0.29) is 11.0 Å². The highest BCUT2D eigenvalue weighted by atomic mass is 32.1. The Kier molecular flexibility index (Phi) is 5.07. The first kappa shape index (κ1) is 20.1. The van der Waals surface area contributed by atoms with Gasteiger partial charge in [-0.15, -0.1) is 5.10 Å². The topological polar surface area (TPSA) is 65.7 Å². The van der Waals surface area contributed by atoms with Crippen LogP contribution in [-0.2, 0) is 5.41 Å². The number of rotatable bonds is 4. The van der Waals surface area contributed by atoms with Crippen LogP contribution in [0, 0.1) is 0 Å². The molecule has 0 N–H and O–H groups in total. The second-order valence-electron chi connectivity index (χ2n) is 7.98. The Morgan fingerprint density at radius 3 is 2.37 bits per heavy atom. The third kappa shape index (κ3) is 3.68. The standard InChI is InChI=1S/C23H23N3O3S/c1-23(2,3)16-9-6-14(7-10-16)20-24-22-26(25-20)21(27)19(30-22)12-15-8-11-17(28-4)13-18(15)29-5/h6-13H,1-5H3. The number of methoxy groups -OCH3 is 2. The zero-order valence-corrected chi connectivity index (χ0v) is 18.4. The highest BCUT2D eigenvalue weighted by Crippen LogP contribution is 2.26. The molecule has 4 rings (SSSR count). The zero-order chi connectivity index (χ0) is 21.5. The number of nitrogens with zero attached hydrogens (tertiary/aromatic N) is 3. The third-order valence-electron chi connectivity index (χ3n) is 4.92. The third-order valence-corrected chi connectivity index (χ3v) is 5.88. The quantitative estimate of drug-likeness (QED) is 0.503. The molecule has 4 aromatic rings. The van der Waals surface area contributed by atoms with Gasteiger partial charge in [0.15, 0.2) is 5.82 Å². The summed E-state index contributed by atoms with van der Waals surface area (Å²) in [5, 5.41) is 4.44. The Bertz CT molecular complexity index is 1310. The molecule has 0 amide bonds. The van der Waals surface area contributed by atoms with Crippen LogP contribution in [-0.4, -0.2) is 28.8 Å². The van der Waals surface area contributed by atoms with Gasteiger partial charge in [0.05, 0.1) is 18.8 Å². The van der Waals surface area contributed by atoms with E-state index in [1.54, 1.807) is 26.4 Å². The van der Waals surface area contributed by atoms with E-state index in [1.807, 2.05) is 24.3 Å². The Balaban J connectivity index is 1.73. The van der Waals surface area contributed by atoms with Crippen molar-refractivity contribution in [3.63, 3.8) is 0 Å². The molecule has 7 heteroatoms. The summed E-state index contributed by atoms with van der Waals surface area (Å²) in [5.41, 5.74) is 2.80. The van der Waals surface area contributed by atoms with E-state index in [2.05, 4.69) is 43.0 Å². The second kappa shape index (κ2) is 7.57. The molecule has 2 aromatic carbocycles. The summed E-state index contributed by atoms with van der Waals surface area (Å²) in [6, 6.07) is 13.6. The summed E-state index contributed by atoms with van der Waals surface area (Å²) in [6.07, 6.45) is 1.79. The van der Waals surface area contributed by atoms with E-state index in [0.29, 0.717) is 26.8 Å². The summed E-state index contributed by atoms with van der Waals surface area (Å²) in [6.45, 7) is 6.52. The predicted molar refractivity (Wildman–Crippen MR) is 120 cm³/mol. The molecular formula is C23H23N3O3S. The summed E-state index contributed by atoms with van der Waals surface area (Å²) in [7, 11) is 3.19. The van der Waals surface area contributed by atoms with Crippen molar-refractivity contribution in [2.75, 3.05) is 14.2 Å². The molecule has 0 bridgehead atoms. The molecule has 0 aliphatic rings. The molecule has 0 atom stereocenters. The van der Waals surface area contributed by atoms with Crippen molar-refractivity contribution in [1.29, 1.82) is 0 Å². The van der Waals surface area contributed by atoms with Gasteiger partial charge in [-0.05, 0) is 29.2 Å². The van der Waals surface area contributed by atoms with Gasteiger partial charge in [0.1, 0.15) is 11.5 Å². The molecule has 0 radical (unpaired) electrons. The second-order valence-corrected chi connectivity index (χ2v) is 8.99. The van der Waals surface area contributed by atoms with Crippen molar-refractivity contribution in [2.24, 2.45) is 0 Å². The van der Waals surface area contributed by atoms with Crippen molar-refractivity contribution < 1.29 is 9.47 Å². The van der Waals surface area contributed by atoms with Gasteiger partial charge in [-0.3, -0.25) is 4.79 Å². The summed E-state index contributed by atoms with van der Waals surface area (Å²) in [5.74, 6) is 1.87. The van der Waals surface area contributed by atoms with Gasteiger partial charge in [-0.25, -0.2) is 0 Å². The van der Waals surface area contributed by atoms with Gasteiger partial charge in [0.2, 0.25) is 4.96 Å². The summed E-state index contributed by atoms with van der Waals surface area (Å²) >= 11 is 1.31. The largest absolute Gasteiger partial charge is 0.497 e. The first-order valence-electron chi connectivity index (χ1n) is 9.54. The van der Waals surface area contributed by atoms with Crippen molar-refractivity contribution in [1.82, 2.24) is 14.6 Å². The van der Waals surface area contributed by atoms with Gasteiger partial charge in [0.25, 0.3) is 5.56 Å². The Morgan fingerprint density at radius 1 is 1.03 bits per heavy atom. The lowest BCUT2D eigenvalue weighted by Crippen LogP contribution is -2.23. The monoisotopic (exact) mass is 421 g/mol. The van der Waals surface area contributed by atoms with Crippen LogP contribution < -0.4 is 19.6 Å². The van der Waals surface area contributed by atoms with Crippen molar-refractivity contribution in [3.8, 4) is 22.9 Å². The number of ether oxygens (including phenoxy) is 2. The normalized spacial score (nSPS) is 12.5. The van der Waals surface area contributed by atoms with Gasteiger partial charge < -0.3 is 9.47 Å². The maximum atomic E-state index is 12.9. The Morgan fingerprint density at radius 2 is 1.77 bits per heavy atom.